The van der Waals surface area contributed by atoms with Crippen LogP contribution in [0, 0.1) is 12.7 Å². The highest BCUT2D eigenvalue weighted by Gasteiger charge is 2.55. The van der Waals surface area contributed by atoms with Crippen LogP contribution in [0.3, 0.4) is 0 Å². The van der Waals surface area contributed by atoms with Crippen molar-refractivity contribution in [2.24, 2.45) is 4.99 Å². The first-order valence-electron chi connectivity index (χ1n) is 13.9. The van der Waals surface area contributed by atoms with Crippen LogP contribution in [-0.2, 0) is 10.2 Å². The molecule has 39 heavy (non-hydrogen) atoms. The van der Waals surface area contributed by atoms with E-state index in [-0.39, 0.29) is 17.8 Å². The summed E-state index contributed by atoms with van der Waals surface area (Å²) in [4.78, 5) is 10.0. The third kappa shape index (κ3) is 5.16. The van der Waals surface area contributed by atoms with Gasteiger partial charge in [0.2, 0.25) is 0 Å². The van der Waals surface area contributed by atoms with E-state index < -0.39 is 5.41 Å². The van der Waals surface area contributed by atoms with Crippen molar-refractivity contribution in [3.05, 3.63) is 98.8 Å². The minimum Gasteiger partial charge on any atom is -0.379 e. The maximum Gasteiger partial charge on any atom is 0.123 e. The molecule has 3 aliphatic rings. The summed E-state index contributed by atoms with van der Waals surface area (Å²) in [6.07, 6.45) is 4.10. The molecule has 1 spiro atoms. The van der Waals surface area contributed by atoms with E-state index in [1.807, 2.05) is 30.3 Å². The fraction of sp³-hybridized carbons (Fsp3) is 0.406. The molecule has 0 unspecified atom stereocenters. The second kappa shape index (κ2) is 11.3. The lowest BCUT2D eigenvalue weighted by molar-refractivity contribution is 0.0319. The van der Waals surface area contributed by atoms with Gasteiger partial charge < -0.3 is 4.74 Å². The SMILES string of the molecule is Cc1ccc(F)cc1[C@H]1N(CCCN2CCOCC2)CC[C@@H](c2cccc(Cl)c2)[C@]12C=Nc1cc(Cl)ccc12. The van der Waals surface area contributed by atoms with E-state index in [9.17, 15) is 4.39 Å². The normalized spacial score (nSPS) is 25.3. The van der Waals surface area contributed by atoms with E-state index >= 15 is 0 Å². The van der Waals surface area contributed by atoms with Crippen LogP contribution in [-0.4, -0.2) is 62.0 Å². The molecule has 0 N–H and O–H groups in total. The van der Waals surface area contributed by atoms with E-state index in [1.54, 1.807) is 12.1 Å². The Labute approximate surface area is 240 Å². The summed E-state index contributed by atoms with van der Waals surface area (Å²) < 4.78 is 20.5. The summed E-state index contributed by atoms with van der Waals surface area (Å²) >= 11 is 13.0. The molecule has 0 aromatic heterocycles. The molecule has 3 aromatic rings. The van der Waals surface area contributed by atoms with Crippen LogP contribution in [0.25, 0.3) is 0 Å². The van der Waals surface area contributed by atoms with Crippen LogP contribution in [0.4, 0.5) is 10.1 Å². The van der Waals surface area contributed by atoms with Crippen molar-refractivity contribution >= 4 is 35.1 Å². The lowest BCUT2D eigenvalue weighted by Crippen LogP contribution is -2.54. The van der Waals surface area contributed by atoms with Gasteiger partial charge in [-0.1, -0.05) is 47.5 Å². The van der Waals surface area contributed by atoms with Crippen LogP contribution >= 0.6 is 23.2 Å². The molecular weight excluding hydrogens is 532 g/mol. The Morgan fingerprint density at radius 2 is 1.79 bits per heavy atom. The Balaban J connectivity index is 1.47. The molecule has 3 aromatic carbocycles. The standard InChI is InChI=1S/C32H34Cl2FN3O/c1-22-6-8-26(35)20-27(22)31-32(21-36-30-19-25(34)7-9-29(30)32)28(23-4-2-5-24(33)18-23)10-13-38(31)12-3-11-37-14-16-39-17-15-37/h2,4-9,18-21,28,31H,3,10-17H2,1H3/t28-,31+,32-/m0/s1. The van der Waals surface area contributed by atoms with Crippen LogP contribution in [0.1, 0.15) is 47.1 Å². The number of rotatable bonds is 6. The molecule has 4 nitrogen and oxygen atoms in total. The van der Waals surface area contributed by atoms with Crippen LogP contribution in [0.2, 0.25) is 10.0 Å². The van der Waals surface area contributed by atoms with E-state index in [0.29, 0.717) is 5.02 Å². The summed E-state index contributed by atoms with van der Waals surface area (Å²) in [6, 6.07) is 19.3. The minimum atomic E-state index is -0.500. The van der Waals surface area contributed by atoms with Gasteiger partial charge in [0.1, 0.15) is 5.82 Å². The number of halogens is 3. The number of piperidine rings is 1. The van der Waals surface area contributed by atoms with Crippen LogP contribution in [0.15, 0.2) is 65.7 Å². The molecule has 0 amide bonds. The quantitative estimate of drug-likeness (QED) is 0.313. The number of ether oxygens (including phenoxy) is 1. The highest BCUT2D eigenvalue weighted by molar-refractivity contribution is 6.31. The molecule has 0 bridgehead atoms. The van der Waals surface area contributed by atoms with E-state index in [4.69, 9.17) is 32.9 Å². The van der Waals surface area contributed by atoms with Gasteiger partial charge in [-0.25, -0.2) is 4.39 Å². The average Bonchev–Trinajstić information content (AvgIpc) is 3.29. The molecule has 204 valence electrons. The third-order valence-electron chi connectivity index (χ3n) is 8.75. The predicted octanol–water partition coefficient (Wildman–Crippen LogP) is 7.35. The Kier molecular flexibility index (Phi) is 7.80. The number of fused-ring (bicyclic) bond motifs is 2. The third-order valence-corrected chi connectivity index (χ3v) is 9.22. The van der Waals surface area contributed by atoms with E-state index in [2.05, 4.69) is 41.1 Å². The molecule has 3 aliphatic heterocycles. The summed E-state index contributed by atoms with van der Waals surface area (Å²) in [6.45, 7) is 8.50. The lowest BCUT2D eigenvalue weighted by Gasteiger charge is -2.53. The Morgan fingerprint density at radius 1 is 0.974 bits per heavy atom. The van der Waals surface area contributed by atoms with Crippen molar-refractivity contribution in [2.45, 2.75) is 37.1 Å². The number of likely N-dealkylation sites (tertiary alicyclic amines) is 1. The number of nitrogens with zero attached hydrogens (tertiary/aromatic N) is 3. The zero-order valence-corrected chi connectivity index (χ0v) is 23.8. The van der Waals surface area contributed by atoms with Gasteiger partial charge in [0, 0.05) is 41.8 Å². The number of aryl methyl sites for hydroxylation is 1. The van der Waals surface area contributed by atoms with E-state index in [1.165, 1.54) is 5.56 Å². The van der Waals surface area contributed by atoms with Gasteiger partial charge in [-0.05, 0) is 91.5 Å². The molecule has 2 fully saturated rings. The van der Waals surface area contributed by atoms with Gasteiger partial charge in [-0.3, -0.25) is 14.8 Å². The summed E-state index contributed by atoms with van der Waals surface area (Å²) in [5.41, 5.74) is 4.82. The second-order valence-electron chi connectivity index (χ2n) is 11.0. The lowest BCUT2D eigenvalue weighted by atomic mass is 9.59. The van der Waals surface area contributed by atoms with Crippen molar-refractivity contribution in [3.8, 4) is 0 Å². The van der Waals surface area contributed by atoms with Crippen molar-refractivity contribution in [3.63, 3.8) is 0 Å². The Bertz CT molecular complexity index is 1380. The number of morpholine rings is 1. The van der Waals surface area contributed by atoms with Crippen molar-refractivity contribution in [1.82, 2.24) is 9.80 Å². The molecule has 0 aliphatic carbocycles. The minimum absolute atomic E-state index is 0.0956. The average molecular weight is 567 g/mol. The maximum absolute atomic E-state index is 14.9. The molecule has 3 atom stereocenters. The van der Waals surface area contributed by atoms with Crippen LogP contribution in [0.5, 0.6) is 0 Å². The highest BCUT2D eigenvalue weighted by Crippen LogP contribution is 2.59. The molecule has 0 radical (unpaired) electrons. The van der Waals surface area contributed by atoms with Crippen LogP contribution < -0.4 is 0 Å². The fourth-order valence-corrected chi connectivity index (χ4v) is 7.33. The smallest absolute Gasteiger partial charge is 0.123 e. The number of aliphatic imine (C=N–C) groups is 1. The zero-order chi connectivity index (χ0) is 27.0. The molecule has 2 saturated heterocycles. The number of hydrogen-bond acceptors (Lipinski definition) is 4. The van der Waals surface area contributed by atoms with Gasteiger partial charge in [0.25, 0.3) is 0 Å². The second-order valence-corrected chi connectivity index (χ2v) is 11.9. The molecule has 7 heteroatoms. The summed E-state index contributed by atoms with van der Waals surface area (Å²) in [5, 5.41) is 1.39. The van der Waals surface area contributed by atoms with Gasteiger partial charge in [-0.2, -0.15) is 0 Å². The topological polar surface area (TPSA) is 28.1 Å². The van der Waals surface area contributed by atoms with Gasteiger partial charge in [-0.15, -0.1) is 0 Å². The van der Waals surface area contributed by atoms with E-state index in [0.717, 1.165) is 86.2 Å². The first kappa shape index (κ1) is 26.9. The Hall–Kier alpha value is -2.28. The molecule has 3 heterocycles. The van der Waals surface area contributed by atoms with Gasteiger partial charge in [0.05, 0.1) is 30.4 Å². The molecular formula is C32H34Cl2FN3O. The van der Waals surface area contributed by atoms with Gasteiger partial charge in [0.15, 0.2) is 0 Å². The highest BCUT2D eigenvalue weighted by atomic mass is 35.5. The Morgan fingerprint density at radius 3 is 2.62 bits per heavy atom. The monoisotopic (exact) mass is 565 g/mol. The fourth-order valence-electron chi connectivity index (χ4n) is 6.96. The predicted molar refractivity (Wildman–Crippen MR) is 157 cm³/mol. The number of benzene rings is 3. The maximum atomic E-state index is 14.9. The zero-order valence-electron chi connectivity index (χ0n) is 22.3. The summed E-state index contributed by atoms with van der Waals surface area (Å²) in [5.74, 6) is -0.0966. The van der Waals surface area contributed by atoms with Crippen molar-refractivity contribution in [1.29, 1.82) is 0 Å². The first-order valence-corrected chi connectivity index (χ1v) is 14.6. The molecule has 0 saturated carbocycles. The van der Waals surface area contributed by atoms with Crippen molar-refractivity contribution in [2.75, 3.05) is 45.9 Å². The number of hydrogen-bond donors (Lipinski definition) is 0. The summed E-state index contributed by atoms with van der Waals surface area (Å²) in [7, 11) is 0. The first-order chi connectivity index (χ1) is 19.0. The van der Waals surface area contributed by atoms with Crippen molar-refractivity contribution < 1.29 is 9.13 Å². The largest absolute Gasteiger partial charge is 0.379 e. The van der Waals surface area contributed by atoms with Gasteiger partial charge >= 0.3 is 0 Å². The molecule has 6 rings (SSSR count).